The fourth-order valence-electron chi connectivity index (χ4n) is 4.58. The fraction of sp³-hybridized carbons (Fsp3) is 0.500. The van der Waals surface area contributed by atoms with Gasteiger partial charge in [-0.3, -0.25) is 9.69 Å². The molecule has 0 saturated carbocycles. The SMILES string of the molecule is Cc1ccc(CN2CCN(CCCC(=O)c3ccc4c(c3)CCNCC4)CC2)cc1. The molecule has 0 bridgehead atoms. The Labute approximate surface area is 181 Å². The third-order valence-corrected chi connectivity index (χ3v) is 6.54. The number of carbonyl (C=O) groups excluding carboxylic acids is 1. The highest BCUT2D eigenvalue weighted by atomic mass is 16.1. The van der Waals surface area contributed by atoms with Crippen LogP contribution in [0.5, 0.6) is 0 Å². The first kappa shape index (κ1) is 21.2. The predicted molar refractivity (Wildman–Crippen MR) is 123 cm³/mol. The molecule has 4 heteroatoms. The molecule has 1 fully saturated rings. The number of ketones is 1. The summed E-state index contributed by atoms with van der Waals surface area (Å²) in [6.07, 6.45) is 3.71. The van der Waals surface area contributed by atoms with E-state index in [-0.39, 0.29) is 0 Å². The zero-order chi connectivity index (χ0) is 20.8. The minimum Gasteiger partial charge on any atom is -0.316 e. The van der Waals surface area contributed by atoms with Crippen molar-refractivity contribution >= 4 is 5.78 Å². The molecular formula is C26H35N3O. The van der Waals surface area contributed by atoms with E-state index < -0.39 is 0 Å². The summed E-state index contributed by atoms with van der Waals surface area (Å²) in [5.41, 5.74) is 6.38. The number of nitrogens with zero attached hydrogens (tertiary/aromatic N) is 2. The zero-order valence-corrected chi connectivity index (χ0v) is 18.3. The Kier molecular flexibility index (Phi) is 7.32. The molecule has 4 nitrogen and oxygen atoms in total. The summed E-state index contributed by atoms with van der Waals surface area (Å²) in [6, 6.07) is 15.2. The second-order valence-electron chi connectivity index (χ2n) is 8.86. The van der Waals surface area contributed by atoms with Crippen molar-refractivity contribution in [1.82, 2.24) is 15.1 Å². The Hall–Kier alpha value is -2.01. The minimum atomic E-state index is 0.299. The summed E-state index contributed by atoms with van der Waals surface area (Å²) in [5.74, 6) is 0.299. The molecule has 160 valence electrons. The van der Waals surface area contributed by atoms with Gasteiger partial charge in [-0.15, -0.1) is 0 Å². The van der Waals surface area contributed by atoms with Gasteiger partial charge in [-0.1, -0.05) is 42.0 Å². The van der Waals surface area contributed by atoms with Gasteiger partial charge in [-0.05, 0) is 68.6 Å². The van der Waals surface area contributed by atoms with Crippen LogP contribution >= 0.6 is 0 Å². The van der Waals surface area contributed by atoms with Crippen molar-refractivity contribution in [1.29, 1.82) is 0 Å². The number of aryl methyl sites for hydroxylation is 1. The zero-order valence-electron chi connectivity index (χ0n) is 18.3. The van der Waals surface area contributed by atoms with Gasteiger partial charge in [-0.2, -0.15) is 0 Å². The van der Waals surface area contributed by atoms with Gasteiger partial charge in [0.1, 0.15) is 0 Å². The van der Waals surface area contributed by atoms with Crippen molar-refractivity contribution in [2.75, 3.05) is 45.8 Å². The number of hydrogen-bond donors (Lipinski definition) is 1. The van der Waals surface area contributed by atoms with Crippen molar-refractivity contribution in [2.45, 2.75) is 39.2 Å². The molecule has 2 aliphatic heterocycles. The molecule has 0 radical (unpaired) electrons. The number of Topliss-reactive ketones (excluding diaryl/α,β-unsaturated/α-hetero) is 1. The highest BCUT2D eigenvalue weighted by molar-refractivity contribution is 5.96. The number of piperazine rings is 1. The topological polar surface area (TPSA) is 35.6 Å². The van der Waals surface area contributed by atoms with E-state index in [4.69, 9.17) is 0 Å². The number of nitrogens with one attached hydrogen (secondary N) is 1. The van der Waals surface area contributed by atoms with Gasteiger partial charge in [-0.25, -0.2) is 0 Å². The number of carbonyl (C=O) groups is 1. The van der Waals surface area contributed by atoms with Gasteiger partial charge >= 0.3 is 0 Å². The molecule has 30 heavy (non-hydrogen) atoms. The maximum Gasteiger partial charge on any atom is 0.162 e. The summed E-state index contributed by atoms with van der Waals surface area (Å²) in [5, 5.41) is 3.44. The van der Waals surface area contributed by atoms with E-state index in [1.165, 1.54) is 22.3 Å². The van der Waals surface area contributed by atoms with E-state index in [0.717, 1.165) is 77.2 Å². The van der Waals surface area contributed by atoms with E-state index in [1.807, 2.05) is 6.07 Å². The first-order valence-corrected chi connectivity index (χ1v) is 11.5. The first-order chi connectivity index (χ1) is 14.7. The Morgan fingerprint density at radius 1 is 0.900 bits per heavy atom. The van der Waals surface area contributed by atoms with Gasteiger partial charge in [0.05, 0.1) is 0 Å². The average molecular weight is 406 g/mol. The van der Waals surface area contributed by atoms with Gasteiger partial charge in [0.25, 0.3) is 0 Å². The van der Waals surface area contributed by atoms with Crippen LogP contribution in [-0.4, -0.2) is 61.4 Å². The molecule has 0 atom stereocenters. The first-order valence-electron chi connectivity index (χ1n) is 11.5. The Morgan fingerprint density at radius 2 is 1.60 bits per heavy atom. The lowest BCUT2D eigenvalue weighted by Crippen LogP contribution is -2.46. The standard InChI is InChI=1S/C26H35N3O/c1-21-4-6-22(7-5-21)20-29-17-15-28(16-18-29)14-2-3-26(30)25-9-8-23-10-12-27-13-11-24(23)19-25/h4-9,19,27H,2-3,10-18,20H2,1H3. The second kappa shape index (κ2) is 10.3. The molecule has 1 N–H and O–H groups in total. The van der Waals surface area contributed by atoms with Crippen LogP contribution < -0.4 is 5.32 Å². The summed E-state index contributed by atoms with van der Waals surface area (Å²) in [6.45, 7) is 10.7. The normalized spacial score (nSPS) is 18.0. The Balaban J connectivity index is 1.18. The van der Waals surface area contributed by atoms with E-state index >= 15 is 0 Å². The number of hydrogen-bond acceptors (Lipinski definition) is 4. The van der Waals surface area contributed by atoms with Gasteiger partial charge in [0, 0.05) is 44.7 Å². The van der Waals surface area contributed by atoms with Gasteiger partial charge in [0.15, 0.2) is 5.78 Å². The highest BCUT2D eigenvalue weighted by Gasteiger charge is 2.17. The fourth-order valence-corrected chi connectivity index (χ4v) is 4.58. The van der Waals surface area contributed by atoms with Crippen molar-refractivity contribution in [3.05, 3.63) is 70.3 Å². The molecule has 1 saturated heterocycles. The van der Waals surface area contributed by atoms with Crippen LogP contribution in [0.2, 0.25) is 0 Å². The van der Waals surface area contributed by atoms with E-state index in [9.17, 15) is 4.79 Å². The largest absolute Gasteiger partial charge is 0.316 e. The van der Waals surface area contributed by atoms with Gasteiger partial charge in [0.2, 0.25) is 0 Å². The molecule has 2 aromatic carbocycles. The van der Waals surface area contributed by atoms with Crippen LogP contribution in [0, 0.1) is 6.92 Å². The lowest BCUT2D eigenvalue weighted by Gasteiger charge is -2.34. The van der Waals surface area contributed by atoms with Crippen LogP contribution in [0.4, 0.5) is 0 Å². The minimum absolute atomic E-state index is 0.299. The number of fused-ring (bicyclic) bond motifs is 1. The molecule has 0 unspecified atom stereocenters. The van der Waals surface area contributed by atoms with E-state index in [1.54, 1.807) is 0 Å². The van der Waals surface area contributed by atoms with Crippen LogP contribution in [-0.2, 0) is 19.4 Å². The molecule has 0 amide bonds. The summed E-state index contributed by atoms with van der Waals surface area (Å²) >= 11 is 0. The quantitative estimate of drug-likeness (QED) is 0.716. The molecule has 2 heterocycles. The lowest BCUT2D eigenvalue weighted by atomic mass is 9.97. The van der Waals surface area contributed by atoms with Crippen molar-refractivity contribution in [2.24, 2.45) is 0 Å². The average Bonchev–Trinajstić information content (AvgIpc) is 3.01. The van der Waals surface area contributed by atoms with E-state index in [2.05, 4.69) is 58.4 Å². The van der Waals surface area contributed by atoms with E-state index in [0.29, 0.717) is 12.2 Å². The molecule has 0 spiro atoms. The van der Waals surface area contributed by atoms with Crippen LogP contribution in [0.25, 0.3) is 0 Å². The predicted octanol–water partition coefficient (Wildman–Crippen LogP) is 3.46. The van der Waals surface area contributed by atoms with Crippen molar-refractivity contribution in [3.63, 3.8) is 0 Å². The highest BCUT2D eigenvalue weighted by Crippen LogP contribution is 2.17. The molecule has 2 aliphatic rings. The summed E-state index contributed by atoms with van der Waals surface area (Å²) in [4.78, 5) is 17.7. The summed E-state index contributed by atoms with van der Waals surface area (Å²) in [7, 11) is 0. The van der Waals surface area contributed by atoms with Crippen molar-refractivity contribution in [3.8, 4) is 0 Å². The number of benzene rings is 2. The Morgan fingerprint density at radius 3 is 2.37 bits per heavy atom. The smallest absolute Gasteiger partial charge is 0.162 e. The molecular weight excluding hydrogens is 370 g/mol. The van der Waals surface area contributed by atoms with Crippen LogP contribution in [0.1, 0.15) is 45.5 Å². The molecule has 2 aromatic rings. The lowest BCUT2D eigenvalue weighted by molar-refractivity contribution is 0.0959. The third kappa shape index (κ3) is 5.78. The molecule has 0 aliphatic carbocycles. The maximum atomic E-state index is 12.7. The monoisotopic (exact) mass is 405 g/mol. The second-order valence-corrected chi connectivity index (χ2v) is 8.86. The van der Waals surface area contributed by atoms with Crippen LogP contribution in [0.15, 0.2) is 42.5 Å². The molecule has 4 rings (SSSR count). The third-order valence-electron chi connectivity index (χ3n) is 6.54. The Bertz CT molecular complexity index is 838. The van der Waals surface area contributed by atoms with Crippen LogP contribution in [0.3, 0.4) is 0 Å². The molecule has 0 aromatic heterocycles. The van der Waals surface area contributed by atoms with Gasteiger partial charge < -0.3 is 10.2 Å². The summed E-state index contributed by atoms with van der Waals surface area (Å²) < 4.78 is 0. The number of rotatable bonds is 7. The van der Waals surface area contributed by atoms with Crippen molar-refractivity contribution < 1.29 is 4.79 Å². The maximum absolute atomic E-state index is 12.7.